The first-order chi connectivity index (χ1) is 11.3. The van der Waals surface area contributed by atoms with Crippen LogP contribution in [0.3, 0.4) is 0 Å². The fourth-order valence-electron chi connectivity index (χ4n) is 3.65. The maximum Gasteiger partial charge on any atom is 0.295 e. The highest BCUT2D eigenvalue weighted by molar-refractivity contribution is 6.51. The molecule has 0 radical (unpaired) electrons. The Kier molecular flexibility index (Phi) is 4.26. The number of aldehydes is 1. The van der Waals surface area contributed by atoms with Crippen molar-refractivity contribution in [1.29, 1.82) is 0 Å². The van der Waals surface area contributed by atoms with Gasteiger partial charge in [0, 0.05) is 5.92 Å². The van der Waals surface area contributed by atoms with Crippen molar-refractivity contribution in [1.82, 2.24) is 5.32 Å². The number of Topliss-reactive ketones (excluding diaryl/α,β-unsaturated/α-hetero) is 1. The van der Waals surface area contributed by atoms with Crippen molar-refractivity contribution >= 4 is 47.1 Å². The van der Waals surface area contributed by atoms with E-state index in [0.717, 1.165) is 11.8 Å². The Hall–Kier alpha value is -1.72. The summed E-state index contributed by atoms with van der Waals surface area (Å²) < 4.78 is 0. The zero-order valence-electron chi connectivity index (χ0n) is 13.1. The summed E-state index contributed by atoms with van der Waals surface area (Å²) in [6, 6.07) is 1.64. The molecular formula is C17H15Cl2NO4. The van der Waals surface area contributed by atoms with E-state index >= 15 is 0 Å². The van der Waals surface area contributed by atoms with Gasteiger partial charge < -0.3 is 4.79 Å². The fraction of sp³-hybridized carbons (Fsp3) is 0.412. The molecule has 1 aliphatic heterocycles. The fourth-order valence-corrected chi connectivity index (χ4v) is 4.27. The molecule has 0 aromatic heterocycles. The number of nitrogens with one attached hydrogen (secondary N) is 1. The first-order valence-corrected chi connectivity index (χ1v) is 8.38. The Morgan fingerprint density at radius 3 is 2.38 bits per heavy atom. The number of hydrogen-bond acceptors (Lipinski definition) is 4. The van der Waals surface area contributed by atoms with Crippen LogP contribution < -0.4 is 5.32 Å². The molecule has 2 amide bonds. The number of benzene rings is 1. The molecule has 2 aliphatic rings. The number of amides is 2. The molecule has 24 heavy (non-hydrogen) atoms. The zero-order chi connectivity index (χ0) is 17.8. The van der Waals surface area contributed by atoms with Crippen molar-refractivity contribution in [2.75, 3.05) is 0 Å². The van der Waals surface area contributed by atoms with Crippen LogP contribution in [0.15, 0.2) is 6.07 Å². The van der Waals surface area contributed by atoms with Crippen LogP contribution in [0.1, 0.15) is 42.4 Å². The Bertz CT molecular complexity index is 787. The van der Waals surface area contributed by atoms with Crippen molar-refractivity contribution in [2.24, 2.45) is 11.8 Å². The third kappa shape index (κ3) is 2.38. The third-order valence-electron chi connectivity index (χ3n) is 4.91. The summed E-state index contributed by atoms with van der Waals surface area (Å²) in [5.41, 5.74) is 1.69. The summed E-state index contributed by atoms with van der Waals surface area (Å²) >= 11 is 12.7. The van der Waals surface area contributed by atoms with Crippen LogP contribution in [0.25, 0.3) is 0 Å². The number of ketones is 1. The molecule has 0 bridgehead atoms. The van der Waals surface area contributed by atoms with Gasteiger partial charge in [0.1, 0.15) is 12.2 Å². The summed E-state index contributed by atoms with van der Waals surface area (Å²) in [7, 11) is 0. The van der Waals surface area contributed by atoms with E-state index in [1.807, 2.05) is 19.2 Å². The van der Waals surface area contributed by atoms with Gasteiger partial charge in [-0.1, -0.05) is 43.1 Å². The molecule has 3 unspecified atom stereocenters. The highest BCUT2D eigenvalue weighted by Crippen LogP contribution is 2.48. The number of carbonyl (C=O) groups excluding carboxylic acids is 4. The summed E-state index contributed by atoms with van der Waals surface area (Å²) in [6.45, 7) is 4.05. The predicted molar refractivity (Wildman–Crippen MR) is 88.2 cm³/mol. The monoisotopic (exact) mass is 367 g/mol. The van der Waals surface area contributed by atoms with Crippen LogP contribution in [0.4, 0.5) is 0 Å². The van der Waals surface area contributed by atoms with E-state index < -0.39 is 23.5 Å². The third-order valence-corrected chi connectivity index (χ3v) is 5.80. The van der Waals surface area contributed by atoms with E-state index in [0.29, 0.717) is 12.0 Å². The molecule has 5 nitrogen and oxygen atoms in total. The lowest BCUT2D eigenvalue weighted by Crippen LogP contribution is -2.22. The quantitative estimate of drug-likeness (QED) is 0.385. The summed E-state index contributed by atoms with van der Waals surface area (Å²) in [6.07, 6.45) is 1.48. The number of fused-ring (bicyclic) bond motifs is 1. The molecule has 1 N–H and O–H groups in total. The SMILES string of the molecule is CC(C)C1Cc2cc(C3C(=O)NC(=O)C3=O)c(Cl)c(Cl)c2C1C=O. The highest BCUT2D eigenvalue weighted by Gasteiger charge is 2.44. The van der Waals surface area contributed by atoms with Gasteiger partial charge in [0.2, 0.25) is 11.7 Å². The van der Waals surface area contributed by atoms with Gasteiger partial charge in [0.05, 0.1) is 10.0 Å². The molecule has 1 aromatic carbocycles. The number of halogens is 2. The standard InChI is InChI=1S/C17H15Cl2NO4/c1-6(2)8-3-7-4-9(12-15(22)17(24)20-16(12)23)13(18)14(19)11(7)10(8)5-21/h4-6,8,10,12H,3H2,1-2H3,(H,20,23,24). The summed E-state index contributed by atoms with van der Waals surface area (Å²) in [4.78, 5) is 46.9. The molecule has 1 saturated heterocycles. The van der Waals surface area contributed by atoms with Gasteiger partial charge in [-0.05, 0) is 34.9 Å². The topological polar surface area (TPSA) is 80.3 Å². The van der Waals surface area contributed by atoms with Crippen molar-refractivity contribution in [2.45, 2.75) is 32.1 Å². The molecule has 1 heterocycles. The molecular weight excluding hydrogens is 353 g/mol. The molecule has 1 aromatic rings. The van der Waals surface area contributed by atoms with Crippen LogP contribution in [0.5, 0.6) is 0 Å². The van der Waals surface area contributed by atoms with Crippen LogP contribution in [-0.4, -0.2) is 23.9 Å². The second-order valence-corrected chi connectivity index (χ2v) is 7.31. The molecule has 3 atom stereocenters. The zero-order valence-corrected chi connectivity index (χ0v) is 14.6. The molecule has 1 fully saturated rings. The Morgan fingerprint density at radius 1 is 1.21 bits per heavy atom. The maximum atomic E-state index is 12.0. The van der Waals surface area contributed by atoms with Crippen molar-refractivity contribution in [3.63, 3.8) is 0 Å². The molecule has 0 spiro atoms. The number of imide groups is 1. The van der Waals surface area contributed by atoms with Gasteiger partial charge in [-0.2, -0.15) is 0 Å². The van der Waals surface area contributed by atoms with Crippen LogP contribution >= 0.6 is 23.2 Å². The predicted octanol–water partition coefficient (Wildman–Crippen LogP) is 2.41. The lowest BCUT2D eigenvalue weighted by atomic mass is 9.85. The van der Waals surface area contributed by atoms with Crippen molar-refractivity contribution < 1.29 is 19.2 Å². The van der Waals surface area contributed by atoms with Crippen molar-refractivity contribution in [3.05, 3.63) is 32.8 Å². The first kappa shape index (κ1) is 17.1. The van der Waals surface area contributed by atoms with Gasteiger partial charge >= 0.3 is 0 Å². The molecule has 0 saturated carbocycles. The Morgan fingerprint density at radius 2 is 1.88 bits per heavy atom. The highest BCUT2D eigenvalue weighted by atomic mass is 35.5. The lowest BCUT2D eigenvalue weighted by molar-refractivity contribution is -0.135. The summed E-state index contributed by atoms with van der Waals surface area (Å²) in [5, 5.41) is 2.23. The summed E-state index contributed by atoms with van der Waals surface area (Å²) in [5.74, 6) is -3.80. The molecule has 1 aliphatic carbocycles. The second kappa shape index (κ2) is 5.97. The van der Waals surface area contributed by atoms with Gasteiger partial charge in [0.15, 0.2) is 0 Å². The van der Waals surface area contributed by atoms with E-state index in [4.69, 9.17) is 23.2 Å². The molecule has 7 heteroatoms. The van der Waals surface area contributed by atoms with Gasteiger partial charge in [0.25, 0.3) is 5.91 Å². The Labute approximate surface area is 148 Å². The van der Waals surface area contributed by atoms with Gasteiger partial charge in [-0.3, -0.25) is 19.7 Å². The minimum absolute atomic E-state index is 0.0508. The second-order valence-electron chi connectivity index (χ2n) is 6.56. The first-order valence-electron chi connectivity index (χ1n) is 7.62. The van der Waals surface area contributed by atoms with Gasteiger partial charge in [-0.25, -0.2) is 0 Å². The van der Waals surface area contributed by atoms with E-state index in [-0.39, 0.29) is 33.4 Å². The van der Waals surface area contributed by atoms with E-state index in [1.165, 1.54) is 0 Å². The van der Waals surface area contributed by atoms with E-state index in [9.17, 15) is 19.2 Å². The lowest BCUT2D eigenvalue weighted by Gasteiger charge is -2.19. The van der Waals surface area contributed by atoms with E-state index in [2.05, 4.69) is 0 Å². The maximum absolute atomic E-state index is 12.0. The minimum atomic E-state index is -1.28. The molecule has 3 rings (SSSR count). The average molecular weight is 368 g/mol. The number of carbonyl (C=O) groups is 4. The molecule has 126 valence electrons. The number of rotatable bonds is 3. The number of hydrogen-bond donors (Lipinski definition) is 1. The average Bonchev–Trinajstić information content (AvgIpc) is 3.01. The van der Waals surface area contributed by atoms with Crippen LogP contribution in [-0.2, 0) is 25.6 Å². The van der Waals surface area contributed by atoms with E-state index in [1.54, 1.807) is 6.07 Å². The largest absolute Gasteiger partial charge is 0.303 e. The smallest absolute Gasteiger partial charge is 0.295 e. The minimum Gasteiger partial charge on any atom is -0.303 e. The Balaban J connectivity index is 2.15. The van der Waals surface area contributed by atoms with Crippen LogP contribution in [0, 0.1) is 11.8 Å². The normalized spacial score (nSPS) is 26.0. The van der Waals surface area contributed by atoms with Crippen molar-refractivity contribution in [3.8, 4) is 0 Å². The van der Waals surface area contributed by atoms with Crippen LogP contribution in [0.2, 0.25) is 10.0 Å². The van der Waals surface area contributed by atoms with Gasteiger partial charge in [-0.15, -0.1) is 0 Å².